The molecular formula is C48H62N4O9. The van der Waals surface area contributed by atoms with Crippen LogP contribution < -0.4 is 20.1 Å². The minimum absolute atomic E-state index is 0.0316. The van der Waals surface area contributed by atoms with E-state index in [1.807, 2.05) is 90.1 Å². The SMILES string of the molecule is C=C[C@H]1CC1(NC(=O)[C@@H]1C[C@@H](Oc2cc(-c3ccccc3)nc3cc(OC)ccc23)CN1C(=O)[C@@H](NC(=O)[C@@H](CC(=O)OCC(C)(C)C)C1CCCCC1)C(C)(C)C)C(=O)O. The highest BCUT2D eigenvalue weighted by atomic mass is 16.5. The summed E-state index contributed by atoms with van der Waals surface area (Å²) >= 11 is 0. The summed E-state index contributed by atoms with van der Waals surface area (Å²) in [6, 6.07) is 14.7. The number of amides is 3. The van der Waals surface area contributed by atoms with Gasteiger partial charge in [0.1, 0.15) is 35.2 Å². The second kappa shape index (κ2) is 18.3. The first kappa shape index (κ1) is 45.1. The van der Waals surface area contributed by atoms with Gasteiger partial charge in [-0.15, -0.1) is 6.58 Å². The molecule has 0 radical (unpaired) electrons. The molecule has 1 aromatic heterocycles. The van der Waals surface area contributed by atoms with Crippen molar-refractivity contribution in [3.63, 3.8) is 0 Å². The molecule has 2 heterocycles. The summed E-state index contributed by atoms with van der Waals surface area (Å²) < 4.78 is 17.9. The molecule has 6 atom stereocenters. The second-order valence-electron chi connectivity index (χ2n) is 19.3. The van der Waals surface area contributed by atoms with Gasteiger partial charge in [-0.1, -0.05) is 97.2 Å². The lowest BCUT2D eigenvalue weighted by molar-refractivity contribution is -0.151. The topological polar surface area (TPSA) is 173 Å². The smallest absolute Gasteiger partial charge is 0.330 e. The first-order valence-corrected chi connectivity index (χ1v) is 21.5. The molecule has 1 aliphatic heterocycles. The number of carbonyl (C=O) groups excluding carboxylic acids is 4. The molecule has 61 heavy (non-hydrogen) atoms. The van der Waals surface area contributed by atoms with Gasteiger partial charge in [-0.2, -0.15) is 0 Å². The minimum Gasteiger partial charge on any atom is -0.497 e. The van der Waals surface area contributed by atoms with Crippen LogP contribution >= 0.6 is 0 Å². The first-order valence-electron chi connectivity index (χ1n) is 21.5. The van der Waals surface area contributed by atoms with Crippen molar-refractivity contribution in [1.82, 2.24) is 20.5 Å². The van der Waals surface area contributed by atoms with Crippen molar-refractivity contribution in [3.8, 4) is 22.8 Å². The molecule has 13 heteroatoms. The average molecular weight is 839 g/mol. The number of carboxylic acid groups (broad SMARTS) is 1. The highest BCUT2D eigenvalue weighted by Gasteiger charge is 2.61. The van der Waals surface area contributed by atoms with E-state index >= 15 is 4.79 Å². The number of rotatable bonds is 15. The number of benzene rings is 2. The number of nitrogens with zero attached hydrogens (tertiary/aromatic N) is 2. The number of hydrogen-bond acceptors (Lipinski definition) is 9. The van der Waals surface area contributed by atoms with Crippen LogP contribution in [0.15, 0.2) is 67.3 Å². The molecule has 2 saturated carbocycles. The maximum absolute atomic E-state index is 15.1. The molecule has 3 aliphatic rings. The van der Waals surface area contributed by atoms with Crippen molar-refractivity contribution in [2.45, 2.75) is 117 Å². The van der Waals surface area contributed by atoms with Gasteiger partial charge in [0.05, 0.1) is 43.8 Å². The minimum atomic E-state index is -1.54. The summed E-state index contributed by atoms with van der Waals surface area (Å²) in [6.07, 6.45) is 5.41. The Balaban J connectivity index is 1.32. The zero-order valence-electron chi connectivity index (χ0n) is 36.6. The molecule has 0 spiro atoms. The van der Waals surface area contributed by atoms with Crippen molar-refractivity contribution in [3.05, 3.63) is 67.3 Å². The van der Waals surface area contributed by atoms with Gasteiger partial charge < -0.3 is 34.9 Å². The van der Waals surface area contributed by atoms with Crippen LogP contribution in [0.2, 0.25) is 0 Å². The maximum atomic E-state index is 15.1. The van der Waals surface area contributed by atoms with E-state index in [2.05, 4.69) is 17.2 Å². The van der Waals surface area contributed by atoms with E-state index in [0.717, 1.165) is 37.7 Å². The third-order valence-electron chi connectivity index (χ3n) is 12.2. The fourth-order valence-corrected chi connectivity index (χ4v) is 8.64. The number of carboxylic acids is 1. The molecule has 1 saturated heterocycles. The normalized spacial score (nSPS) is 22.7. The van der Waals surface area contributed by atoms with Crippen LogP contribution in [0, 0.1) is 28.6 Å². The largest absolute Gasteiger partial charge is 0.497 e. The number of aliphatic carboxylic acids is 1. The summed E-state index contributed by atoms with van der Waals surface area (Å²) in [7, 11) is 1.58. The Bertz CT molecular complexity index is 2120. The quantitative estimate of drug-likeness (QED) is 0.106. The van der Waals surface area contributed by atoms with E-state index in [-0.39, 0.29) is 43.7 Å². The number of pyridine rings is 1. The fourth-order valence-electron chi connectivity index (χ4n) is 8.64. The van der Waals surface area contributed by atoms with Gasteiger partial charge in [0.2, 0.25) is 17.7 Å². The third-order valence-corrected chi connectivity index (χ3v) is 12.2. The summed E-state index contributed by atoms with van der Waals surface area (Å²) in [4.78, 5) is 75.9. The molecular weight excluding hydrogens is 777 g/mol. The zero-order chi connectivity index (χ0) is 44.3. The number of likely N-dealkylation sites (tertiary alicyclic amines) is 1. The summed E-state index contributed by atoms with van der Waals surface area (Å²) in [6.45, 7) is 15.3. The van der Waals surface area contributed by atoms with Crippen LogP contribution in [-0.2, 0) is 28.7 Å². The molecule has 0 bridgehead atoms. The molecule has 13 nitrogen and oxygen atoms in total. The Morgan fingerprint density at radius 1 is 1.00 bits per heavy atom. The van der Waals surface area contributed by atoms with Gasteiger partial charge in [0.15, 0.2) is 0 Å². The summed E-state index contributed by atoms with van der Waals surface area (Å²) in [5.41, 5.74) is -0.502. The van der Waals surface area contributed by atoms with Crippen molar-refractivity contribution >= 4 is 40.6 Å². The second-order valence-corrected chi connectivity index (χ2v) is 19.3. The maximum Gasteiger partial charge on any atom is 0.330 e. The van der Waals surface area contributed by atoms with E-state index in [4.69, 9.17) is 19.2 Å². The number of fused-ring (bicyclic) bond motifs is 1. The number of esters is 1. The Labute approximate surface area is 359 Å². The predicted molar refractivity (Wildman–Crippen MR) is 232 cm³/mol. The fraction of sp³-hybridized carbons (Fsp3) is 0.542. The van der Waals surface area contributed by atoms with Gasteiger partial charge >= 0.3 is 11.9 Å². The molecule has 3 N–H and O–H groups in total. The number of ether oxygens (including phenoxy) is 3. The molecule has 1 unspecified atom stereocenters. The molecule has 2 aromatic carbocycles. The van der Waals surface area contributed by atoms with Gasteiger partial charge in [0.25, 0.3) is 0 Å². The van der Waals surface area contributed by atoms with E-state index in [1.165, 1.54) is 11.0 Å². The van der Waals surface area contributed by atoms with Crippen molar-refractivity contribution in [2.24, 2.45) is 28.6 Å². The number of aromatic nitrogens is 1. The van der Waals surface area contributed by atoms with Gasteiger partial charge in [-0.05, 0) is 48.1 Å². The molecule has 3 amide bonds. The Hall–Kier alpha value is -5.46. The van der Waals surface area contributed by atoms with E-state index in [9.17, 15) is 24.3 Å². The zero-order valence-corrected chi connectivity index (χ0v) is 36.6. The molecule has 3 aromatic rings. The highest BCUT2D eigenvalue weighted by Crippen LogP contribution is 2.45. The monoisotopic (exact) mass is 838 g/mol. The van der Waals surface area contributed by atoms with E-state index in [1.54, 1.807) is 13.2 Å². The van der Waals surface area contributed by atoms with Gasteiger partial charge in [-0.25, -0.2) is 9.78 Å². The van der Waals surface area contributed by atoms with Crippen LogP contribution in [0.3, 0.4) is 0 Å². The van der Waals surface area contributed by atoms with Gasteiger partial charge in [0, 0.05) is 35.4 Å². The van der Waals surface area contributed by atoms with Gasteiger partial charge in [-0.3, -0.25) is 19.2 Å². The Kier molecular flexibility index (Phi) is 13.5. The Morgan fingerprint density at radius 2 is 1.70 bits per heavy atom. The summed E-state index contributed by atoms with van der Waals surface area (Å²) in [5.74, 6) is -3.36. The Morgan fingerprint density at radius 3 is 2.31 bits per heavy atom. The molecule has 328 valence electrons. The average Bonchev–Trinajstić information content (AvgIpc) is 3.79. The molecule has 3 fully saturated rings. The number of hydrogen-bond donors (Lipinski definition) is 3. The van der Waals surface area contributed by atoms with Crippen molar-refractivity contribution in [1.29, 1.82) is 0 Å². The summed E-state index contributed by atoms with van der Waals surface area (Å²) in [5, 5.41) is 16.7. The van der Waals surface area contributed by atoms with E-state index in [0.29, 0.717) is 28.1 Å². The third kappa shape index (κ3) is 10.5. The van der Waals surface area contributed by atoms with Crippen LogP contribution in [0.4, 0.5) is 0 Å². The predicted octanol–water partition coefficient (Wildman–Crippen LogP) is 7.11. The van der Waals surface area contributed by atoms with Crippen LogP contribution in [0.5, 0.6) is 11.5 Å². The lowest BCUT2D eigenvalue weighted by Gasteiger charge is -2.37. The number of carbonyl (C=O) groups is 5. The van der Waals surface area contributed by atoms with Crippen LogP contribution in [0.25, 0.3) is 22.2 Å². The van der Waals surface area contributed by atoms with Crippen LogP contribution in [0.1, 0.15) is 92.9 Å². The lowest BCUT2D eigenvalue weighted by atomic mass is 9.77. The lowest BCUT2D eigenvalue weighted by Crippen LogP contribution is -2.60. The van der Waals surface area contributed by atoms with Crippen molar-refractivity contribution < 1.29 is 43.3 Å². The first-order chi connectivity index (χ1) is 28.8. The highest BCUT2D eigenvalue weighted by molar-refractivity contribution is 5.97. The van der Waals surface area contributed by atoms with Crippen LogP contribution in [-0.4, -0.2) is 88.6 Å². The molecule has 2 aliphatic carbocycles. The van der Waals surface area contributed by atoms with Crippen molar-refractivity contribution in [2.75, 3.05) is 20.3 Å². The number of methoxy groups -OCH3 is 1. The van der Waals surface area contributed by atoms with E-state index < -0.39 is 70.6 Å². The standard InChI is InChI=1S/C48H62N4O9/c1-9-31-26-48(31,45(57)58)51-43(55)38-23-33(61-39-25-36(30-18-14-11-15-19-30)49-37-22-32(59-8)20-21-34(37)39)27-52(38)44(56)41(47(5,6)7)50-42(54)35(29-16-12-10-13-17-29)24-40(53)60-28-46(2,3)4/h9,11,14-15,18-22,25,29,31,33,35,38,41H,1,10,12-13,16-17,23-24,26-28H2,2-8H3,(H,50,54)(H,51,55)(H,57,58)/t31-,33+,35-,38-,41+,48?/m0/s1. The molecule has 6 rings (SSSR count). The number of nitrogens with one attached hydrogen (secondary N) is 2.